The summed E-state index contributed by atoms with van der Waals surface area (Å²) in [6.07, 6.45) is 9.33. The number of aromatic nitrogens is 3. The van der Waals surface area contributed by atoms with E-state index < -0.39 is 69.9 Å². The number of hydrogen-bond acceptors (Lipinski definition) is 12. The zero-order chi connectivity index (χ0) is 70.8. The number of hydrazone groups is 3. The topological polar surface area (TPSA) is 287 Å². The van der Waals surface area contributed by atoms with Gasteiger partial charge in [-0.3, -0.25) is 42.5 Å². The van der Waals surface area contributed by atoms with Crippen LogP contribution in [0.1, 0.15) is 40.0 Å². The lowest BCUT2D eigenvalue weighted by Crippen LogP contribution is -2.53. The molecule has 3 aromatic heterocycles. The molecule has 504 valence electrons. The highest BCUT2D eigenvalue weighted by Gasteiger charge is 2.48. The van der Waals surface area contributed by atoms with Gasteiger partial charge in [0.25, 0.3) is 34.4 Å². The molecule has 0 fully saturated rings. The summed E-state index contributed by atoms with van der Waals surface area (Å²) in [7, 11) is 0. The molecule has 3 aliphatic heterocycles. The summed E-state index contributed by atoms with van der Waals surface area (Å²) in [5.74, 6) is -4.02. The Morgan fingerprint density at radius 1 is 0.364 bits per heavy atom. The molecule has 12 rings (SSSR count). The van der Waals surface area contributed by atoms with Crippen molar-refractivity contribution in [1.82, 2.24) is 28.7 Å². The standard InChI is InChI=1S/3C23H19ClFN5O3/c3*1-23(11-12-26-30(23)22(33)27-16-7-5-15(24)6-8-16)21(32)28-19-10-9-17(14-18(19)25)29-13-3-2-4-20(29)31/h3*2-10,12-14H,11H2,1H3,(H,27,33)(H,28,32)/t2*23-;/m10./s1. The third-order valence-corrected chi connectivity index (χ3v) is 16.5. The van der Waals surface area contributed by atoms with E-state index in [1.807, 2.05) is 0 Å². The van der Waals surface area contributed by atoms with E-state index in [1.165, 1.54) is 126 Å². The van der Waals surface area contributed by atoms with Gasteiger partial charge in [0.05, 0.1) is 34.1 Å². The van der Waals surface area contributed by atoms with Gasteiger partial charge in [-0.15, -0.1) is 0 Å². The summed E-state index contributed by atoms with van der Waals surface area (Å²) in [6, 6.07) is 43.4. The zero-order valence-electron chi connectivity index (χ0n) is 52.4. The molecule has 0 saturated carbocycles. The number of carbonyl (C=O) groups is 6. The lowest BCUT2D eigenvalue weighted by Gasteiger charge is -2.31. The minimum atomic E-state index is -1.38. The maximum atomic E-state index is 14.8. The predicted molar refractivity (Wildman–Crippen MR) is 373 cm³/mol. The van der Waals surface area contributed by atoms with E-state index in [0.717, 1.165) is 33.2 Å². The highest BCUT2D eigenvalue weighted by Crippen LogP contribution is 2.33. The molecule has 3 aliphatic rings. The van der Waals surface area contributed by atoms with E-state index in [4.69, 9.17) is 34.8 Å². The van der Waals surface area contributed by atoms with Crippen LogP contribution in [0.4, 0.5) is 61.7 Å². The van der Waals surface area contributed by atoms with Crippen molar-refractivity contribution in [2.45, 2.75) is 56.7 Å². The molecule has 6 aromatic carbocycles. The van der Waals surface area contributed by atoms with Crippen LogP contribution in [0.3, 0.4) is 0 Å². The van der Waals surface area contributed by atoms with Gasteiger partial charge in [-0.1, -0.05) is 53.0 Å². The van der Waals surface area contributed by atoms with Gasteiger partial charge in [-0.05, 0) is 148 Å². The van der Waals surface area contributed by atoms with Gasteiger partial charge in [0.15, 0.2) is 0 Å². The van der Waals surface area contributed by atoms with E-state index in [1.54, 1.807) is 109 Å². The largest absolute Gasteiger partial charge is 0.343 e. The molecule has 0 aliphatic carbocycles. The molecule has 0 bridgehead atoms. The number of carbonyl (C=O) groups excluding carboxylic acids is 6. The van der Waals surface area contributed by atoms with Crippen LogP contribution < -0.4 is 48.6 Å². The Morgan fingerprint density at radius 2 is 0.616 bits per heavy atom. The van der Waals surface area contributed by atoms with Crippen molar-refractivity contribution in [1.29, 1.82) is 0 Å². The van der Waals surface area contributed by atoms with Crippen LogP contribution >= 0.6 is 34.8 Å². The summed E-state index contributed by atoms with van der Waals surface area (Å²) in [4.78, 5) is 113. The Bertz CT molecular complexity index is 4410. The Kier molecular flexibility index (Phi) is 21.2. The lowest BCUT2D eigenvalue weighted by molar-refractivity contribution is -0.125. The summed E-state index contributed by atoms with van der Waals surface area (Å²) >= 11 is 17.6. The van der Waals surface area contributed by atoms with Crippen LogP contribution in [0, 0.1) is 17.5 Å². The second kappa shape index (κ2) is 30.0. The summed E-state index contributed by atoms with van der Waals surface area (Å²) < 4.78 is 48.1. The minimum absolute atomic E-state index is 0.0843. The molecular formula is C69H57Cl3F3N15O9. The first kappa shape index (κ1) is 69.9. The van der Waals surface area contributed by atoms with E-state index in [-0.39, 0.29) is 53.0 Å². The maximum Gasteiger partial charge on any atom is 0.343 e. The maximum absolute atomic E-state index is 14.8. The van der Waals surface area contributed by atoms with Crippen molar-refractivity contribution >= 4 is 123 Å². The number of halogens is 6. The highest BCUT2D eigenvalue weighted by molar-refractivity contribution is 6.31. The van der Waals surface area contributed by atoms with E-state index in [0.29, 0.717) is 49.2 Å². The zero-order valence-corrected chi connectivity index (χ0v) is 54.6. The molecule has 9 amide bonds. The number of benzene rings is 6. The molecule has 3 atom stereocenters. The molecule has 6 heterocycles. The second-order valence-corrected chi connectivity index (χ2v) is 24.0. The third-order valence-electron chi connectivity index (χ3n) is 15.7. The van der Waals surface area contributed by atoms with Gasteiger partial charge >= 0.3 is 18.1 Å². The van der Waals surface area contributed by atoms with E-state index >= 15 is 0 Å². The molecule has 24 nitrogen and oxygen atoms in total. The SMILES string of the molecule is CC1(C(=O)Nc2ccc(-n3ccccc3=O)cc2F)CC=NN1C(=O)Nc1ccc(Cl)cc1.C[C@@]1(C(=O)Nc2ccc(-n3ccccc3=O)cc2F)CC=NN1C(=O)Nc1ccc(Cl)cc1.C[C@]1(C(=O)Nc2ccc(-n3ccccc3=O)cc2F)CC=NN1C(=O)Nc1ccc(Cl)cc1. The van der Waals surface area contributed by atoms with Crippen molar-refractivity contribution in [3.05, 3.63) is 264 Å². The Labute approximate surface area is 576 Å². The number of pyridine rings is 3. The fourth-order valence-electron chi connectivity index (χ4n) is 10.0. The number of amides is 9. The van der Waals surface area contributed by atoms with Crippen LogP contribution in [-0.2, 0) is 14.4 Å². The molecule has 99 heavy (non-hydrogen) atoms. The van der Waals surface area contributed by atoms with Crippen molar-refractivity contribution in [2.24, 2.45) is 15.3 Å². The van der Waals surface area contributed by atoms with Crippen molar-refractivity contribution in [3.63, 3.8) is 0 Å². The van der Waals surface area contributed by atoms with Crippen LogP contribution in [0.5, 0.6) is 0 Å². The number of nitrogens with zero attached hydrogens (tertiary/aromatic N) is 9. The Morgan fingerprint density at radius 3 is 0.848 bits per heavy atom. The van der Waals surface area contributed by atoms with Crippen LogP contribution in [0.25, 0.3) is 17.1 Å². The second-order valence-electron chi connectivity index (χ2n) is 22.7. The number of nitrogens with one attached hydrogen (secondary N) is 6. The number of anilines is 6. The molecule has 1 unspecified atom stereocenters. The molecule has 0 saturated heterocycles. The normalized spacial score (nSPS) is 17.1. The van der Waals surface area contributed by atoms with Crippen molar-refractivity contribution in [3.8, 4) is 17.1 Å². The fraction of sp³-hybridized carbons (Fsp3) is 0.130. The van der Waals surface area contributed by atoms with E-state index in [9.17, 15) is 56.3 Å². The quantitative estimate of drug-likeness (QED) is 0.0677. The minimum Gasteiger partial charge on any atom is -0.321 e. The monoisotopic (exact) mass is 1400 g/mol. The summed E-state index contributed by atoms with van der Waals surface area (Å²) in [6.45, 7) is 4.60. The first-order valence-electron chi connectivity index (χ1n) is 29.9. The molecule has 9 aromatic rings. The Balaban J connectivity index is 0.000000161. The smallest absolute Gasteiger partial charge is 0.321 e. The van der Waals surface area contributed by atoms with Crippen molar-refractivity contribution < 1.29 is 41.9 Å². The van der Waals surface area contributed by atoms with Crippen LogP contribution in [0.2, 0.25) is 15.1 Å². The fourth-order valence-corrected chi connectivity index (χ4v) is 10.4. The van der Waals surface area contributed by atoms with Crippen molar-refractivity contribution in [2.75, 3.05) is 31.9 Å². The summed E-state index contributed by atoms with van der Waals surface area (Å²) in [5, 5.41) is 32.2. The van der Waals surface area contributed by atoms with Gasteiger partial charge in [-0.25, -0.2) is 27.6 Å². The van der Waals surface area contributed by atoms with Gasteiger partial charge in [0.1, 0.15) is 34.1 Å². The van der Waals surface area contributed by atoms with E-state index in [2.05, 4.69) is 47.2 Å². The lowest BCUT2D eigenvalue weighted by atomic mass is 9.97. The van der Waals surface area contributed by atoms with Gasteiger partial charge < -0.3 is 31.9 Å². The van der Waals surface area contributed by atoms with Gasteiger partial charge in [0.2, 0.25) is 0 Å². The summed E-state index contributed by atoms with van der Waals surface area (Å²) in [5.41, 5.74) is -2.94. The first-order valence-corrected chi connectivity index (χ1v) is 31.0. The average Bonchev–Trinajstić information content (AvgIpc) is 1.64. The Hall–Kier alpha value is -11.9. The number of hydrogen-bond donors (Lipinski definition) is 6. The highest BCUT2D eigenvalue weighted by atomic mass is 35.5. The predicted octanol–water partition coefficient (Wildman–Crippen LogP) is 12.8. The molecule has 0 spiro atoms. The van der Waals surface area contributed by atoms with Gasteiger partial charge in [0, 0.05) is 125 Å². The molecule has 30 heteroatoms. The average molecular weight is 1400 g/mol. The first-order chi connectivity index (χ1) is 47.3. The number of urea groups is 3. The molecular weight excluding hydrogens is 1350 g/mol. The van der Waals surface area contributed by atoms with Crippen LogP contribution in [0.15, 0.2) is 230 Å². The van der Waals surface area contributed by atoms with Gasteiger partial charge in [-0.2, -0.15) is 30.3 Å². The van der Waals surface area contributed by atoms with Crippen LogP contribution in [-0.4, -0.2) is 99.8 Å². The molecule has 6 N–H and O–H groups in total. The third kappa shape index (κ3) is 16.0. The molecule has 0 radical (unpaired) electrons. The number of rotatable bonds is 12.